The zero-order valence-electron chi connectivity index (χ0n) is 11.0. The van der Waals surface area contributed by atoms with E-state index in [0.29, 0.717) is 5.69 Å². The van der Waals surface area contributed by atoms with Gasteiger partial charge in [-0.1, -0.05) is 22.0 Å². The van der Waals surface area contributed by atoms with Gasteiger partial charge in [0.25, 0.3) is 0 Å². The average molecular weight is 385 g/mol. The number of hydrogen-bond acceptors (Lipinski definition) is 4. The first kappa shape index (κ1) is 19.5. The van der Waals surface area contributed by atoms with Crippen molar-refractivity contribution in [3.8, 4) is 5.75 Å². The SMILES string of the molecule is C=C[C@@H](c1c(Br)ccc(N)c1O)N1CCNCC1.Cl.Cl. The van der Waals surface area contributed by atoms with Crippen molar-refractivity contribution in [2.24, 2.45) is 0 Å². The van der Waals surface area contributed by atoms with Crippen LogP contribution in [0.2, 0.25) is 0 Å². The minimum Gasteiger partial charge on any atom is -0.505 e. The second kappa shape index (κ2) is 8.74. The van der Waals surface area contributed by atoms with Gasteiger partial charge in [-0.15, -0.1) is 31.4 Å². The zero-order chi connectivity index (χ0) is 13.1. The Morgan fingerprint density at radius 3 is 2.50 bits per heavy atom. The number of nitrogens with zero attached hydrogens (tertiary/aromatic N) is 1. The monoisotopic (exact) mass is 383 g/mol. The van der Waals surface area contributed by atoms with Crippen LogP contribution in [-0.4, -0.2) is 36.2 Å². The number of piperazine rings is 1. The summed E-state index contributed by atoms with van der Waals surface area (Å²) in [4.78, 5) is 2.28. The standard InChI is InChI=1S/C13H18BrN3O.2ClH/c1-2-11(17-7-5-16-6-8-17)12-9(14)3-4-10(15)13(12)18;;/h2-4,11,16,18H,1,5-8,15H2;2*1H/t11-;;/m0../s1. The predicted octanol–water partition coefficient (Wildman–Crippen LogP) is 2.71. The first-order chi connectivity index (χ1) is 8.65. The molecule has 20 heavy (non-hydrogen) atoms. The number of anilines is 1. The summed E-state index contributed by atoms with van der Waals surface area (Å²) in [5.41, 5.74) is 6.97. The highest BCUT2D eigenvalue weighted by Gasteiger charge is 2.24. The molecular formula is C13H20BrCl2N3O. The van der Waals surface area contributed by atoms with Gasteiger partial charge in [-0.3, -0.25) is 4.90 Å². The Bertz CT molecular complexity index is 453. The lowest BCUT2D eigenvalue weighted by atomic mass is 10.0. The second-order valence-corrected chi connectivity index (χ2v) is 5.22. The molecule has 0 unspecified atom stereocenters. The van der Waals surface area contributed by atoms with Gasteiger partial charge in [0.15, 0.2) is 0 Å². The van der Waals surface area contributed by atoms with E-state index in [1.54, 1.807) is 6.07 Å². The molecule has 0 spiro atoms. The summed E-state index contributed by atoms with van der Waals surface area (Å²) in [5, 5.41) is 13.5. The average Bonchev–Trinajstić information content (AvgIpc) is 2.40. The molecule has 1 heterocycles. The third kappa shape index (κ3) is 4.02. The molecule has 0 aromatic heterocycles. The van der Waals surface area contributed by atoms with Gasteiger partial charge < -0.3 is 16.2 Å². The van der Waals surface area contributed by atoms with E-state index >= 15 is 0 Å². The molecule has 0 amide bonds. The molecule has 0 aliphatic carbocycles. The lowest BCUT2D eigenvalue weighted by Gasteiger charge is -2.34. The summed E-state index contributed by atoms with van der Waals surface area (Å²) in [7, 11) is 0. The van der Waals surface area contributed by atoms with Crippen molar-refractivity contribution in [1.29, 1.82) is 0 Å². The van der Waals surface area contributed by atoms with Crippen LogP contribution in [0.4, 0.5) is 5.69 Å². The Balaban J connectivity index is 0.00000180. The van der Waals surface area contributed by atoms with Gasteiger partial charge in [-0.25, -0.2) is 0 Å². The number of nitrogen functional groups attached to an aromatic ring is 1. The summed E-state index contributed by atoms with van der Waals surface area (Å²) < 4.78 is 0.859. The van der Waals surface area contributed by atoms with Crippen molar-refractivity contribution in [3.63, 3.8) is 0 Å². The molecule has 114 valence electrons. The van der Waals surface area contributed by atoms with Gasteiger partial charge in [0, 0.05) is 36.2 Å². The Hall–Kier alpha value is -0.460. The van der Waals surface area contributed by atoms with Crippen LogP contribution in [0.1, 0.15) is 11.6 Å². The fourth-order valence-electron chi connectivity index (χ4n) is 2.29. The van der Waals surface area contributed by atoms with Crippen LogP contribution in [0, 0.1) is 0 Å². The maximum Gasteiger partial charge on any atom is 0.144 e. The normalized spacial score (nSPS) is 16.6. The fourth-order valence-corrected chi connectivity index (χ4v) is 2.85. The molecule has 1 aromatic carbocycles. The topological polar surface area (TPSA) is 61.5 Å². The van der Waals surface area contributed by atoms with E-state index in [1.807, 2.05) is 12.1 Å². The number of benzene rings is 1. The molecule has 4 N–H and O–H groups in total. The minimum absolute atomic E-state index is 0. The maximum atomic E-state index is 10.2. The summed E-state index contributed by atoms with van der Waals surface area (Å²) in [6.45, 7) is 7.64. The molecule has 2 rings (SSSR count). The highest BCUT2D eigenvalue weighted by atomic mass is 79.9. The molecular weight excluding hydrogens is 365 g/mol. The number of nitrogens with two attached hydrogens (primary N) is 1. The van der Waals surface area contributed by atoms with Crippen LogP contribution in [-0.2, 0) is 0 Å². The predicted molar refractivity (Wildman–Crippen MR) is 92.1 cm³/mol. The van der Waals surface area contributed by atoms with Gasteiger partial charge in [-0.2, -0.15) is 0 Å². The largest absolute Gasteiger partial charge is 0.505 e. The first-order valence-electron chi connectivity index (χ1n) is 5.99. The molecule has 1 fully saturated rings. The van der Waals surface area contributed by atoms with Crippen LogP contribution in [0.15, 0.2) is 29.3 Å². The van der Waals surface area contributed by atoms with E-state index in [1.165, 1.54) is 0 Å². The minimum atomic E-state index is -0.0232. The Morgan fingerprint density at radius 2 is 1.95 bits per heavy atom. The lowest BCUT2D eigenvalue weighted by molar-refractivity contribution is 0.200. The fraction of sp³-hybridized carbons (Fsp3) is 0.385. The van der Waals surface area contributed by atoms with E-state index in [2.05, 4.69) is 32.7 Å². The summed E-state index contributed by atoms with van der Waals surface area (Å²) in [6, 6.07) is 3.54. The van der Waals surface area contributed by atoms with Gasteiger partial charge in [0.1, 0.15) is 5.75 Å². The van der Waals surface area contributed by atoms with Gasteiger partial charge >= 0.3 is 0 Å². The molecule has 0 saturated carbocycles. The maximum absolute atomic E-state index is 10.2. The summed E-state index contributed by atoms with van der Waals surface area (Å²) in [5.74, 6) is 0.146. The van der Waals surface area contributed by atoms with Gasteiger partial charge in [-0.05, 0) is 12.1 Å². The molecule has 1 aromatic rings. The molecule has 1 aliphatic heterocycles. The molecule has 1 saturated heterocycles. The van der Waals surface area contributed by atoms with E-state index in [0.717, 1.165) is 36.2 Å². The number of phenolic OH excluding ortho intramolecular Hbond substituents is 1. The van der Waals surface area contributed by atoms with Crippen molar-refractivity contribution in [1.82, 2.24) is 10.2 Å². The Kier molecular flexibility index (Phi) is 8.54. The van der Waals surface area contributed by atoms with E-state index < -0.39 is 0 Å². The van der Waals surface area contributed by atoms with Crippen molar-refractivity contribution in [2.45, 2.75) is 6.04 Å². The van der Waals surface area contributed by atoms with Gasteiger partial charge in [0.2, 0.25) is 0 Å². The number of nitrogens with one attached hydrogen (secondary N) is 1. The summed E-state index contributed by atoms with van der Waals surface area (Å²) >= 11 is 3.48. The summed E-state index contributed by atoms with van der Waals surface area (Å²) in [6.07, 6.45) is 1.85. The highest BCUT2D eigenvalue weighted by molar-refractivity contribution is 9.10. The quantitative estimate of drug-likeness (QED) is 0.426. The van der Waals surface area contributed by atoms with Crippen molar-refractivity contribution in [2.75, 3.05) is 31.9 Å². The number of halogens is 3. The number of phenols is 1. The van der Waals surface area contributed by atoms with Crippen molar-refractivity contribution < 1.29 is 5.11 Å². The van der Waals surface area contributed by atoms with E-state index in [9.17, 15) is 5.11 Å². The molecule has 0 radical (unpaired) electrons. The number of aromatic hydroxyl groups is 1. The zero-order valence-corrected chi connectivity index (χ0v) is 14.2. The Labute approximate surface area is 140 Å². The third-order valence-electron chi connectivity index (χ3n) is 3.26. The van der Waals surface area contributed by atoms with Crippen LogP contribution in [0.25, 0.3) is 0 Å². The number of rotatable bonds is 3. The Morgan fingerprint density at radius 1 is 1.35 bits per heavy atom. The number of hydrogen-bond donors (Lipinski definition) is 3. The van der Waals surface area contributed by atoms with Gasteiger partial charge in [0.05, 0.1) is 11.7 Å². The molecule has 0 bridgehead atoms. The molecule has 1 aliphatic rings. The van der Waals surface area contributed by atoms with Crippen LogP contribution >= 0.6 is 40.7 Å². The first-order valence-corrected chi connectivity index (χ1v) is 6.78. The molecule has 7 heteroatoms. The third-order valence-corrected chi connectivity index (χ3v) is 3.95. The van der Waals surface area contributed by atoms with Crippen LogP contribution < -0.4 is 11.1 Å². The van der Waals surface area contributed by atoms with Crippen LogP contribution in [0.3, 0.4) is 0 Å². The molecule has 4 nitrogen and oxygen atoms in total. The second-order valence-electron chi connectivity index (χ2n) is 4.37. The van der Waals surface area contributed by atoms with Crippen LogP contribution in [0.5, 0.6) is 5.75 Å². The van der Waals surface area contributed by atoms with Crippen molar-refractivity contribution >= 4 is 46.4 Å². The molecule has 1 atom stereocenters. The lowest BCUT2D eigenvalue weighted by Crippen LogP contribution is -2.44. The van der Waals surface area contributed by atoms with E-state index in [-0.39, 0.29) is 36.6 Å². The highest BCUT2D eigenvalue weighted by Crippen LogP contribution is 2.39. The van der Waals surface area contributed by atoms with Crippen molar-refractivity contribution in [3.05, 3.63) is 34.8 Å². The smallest absolute Gasteiger partial charge is 0.144 e. The van der Waals surface area contributed by atoms with E-state index in [4.69, 9.17) is 5.73 Å².